The van der Waals surface area contributed by atoms with Gasteiger partial charge in [0.25, 0.3) is 0 Å². The van der Waals surface area contributed by atoms with Gasteiger partial charge in [0.2, 0.25) is 5.91 Å². The van der Waals surface area contributed by atoms with Crippen molar-refractivity contribution >= 4 is 36.4 Å². The molecule has 4 rings (SSSR count). The quantitative estimate of drug-likeness (QED) is 0.708. The fourth-order valence-corrected chi connectivity index (χ4v) is 4.34. The number of nitrogens with one attached hydrogen (secondary N) is 1. The number of nitrogens with two attached hydrogens (primary N) is 1. The van der Waals surface area contributed by atoms with Crippen LogP contribution in [0.4, 0.5) is 5.69 Å². The molecular formula is C22H32Cl2N4O2. The zero-order chi connectivity index (χ0) is 19.9. The number of hydrogen-bond acceptors (Lipinski definition) is 4. The predicted octanol–water partition coefficient (Wildman–Crippen LogP) is 4.20. The Balaban J connectivity index is 0.00000160. The Labute approximate surface area is 190 Å². The largest absolute Gasteiger partial charge is 0.378 e. The summed E-state index contributed by atoms with van der Waals surface area (Å²) in [6.45, 7) is 7.64. The average Bonchev–Trinajstić information content (AvgIpc) is 3.12. The molecule has 1 amide bonds. The van der Waals surface area contributed by atoms with Gasteiger partial charge in [0.1, 0.15) is 11.4 Å². The van der Waals surface area contributed by atoms with E-state index in [-0.39, 0.29) is 36.8 Å². The Morgan fingerprint density at radius 3 is 2.57 bits per heavy atom. The standard InChI is InChI=1S/C22H30N4O2.2ClH/c1-4-28-18-13-22(23,21(18,2)3)20(27)24-16-10-8-15(9-11-16)17-14-26-12-6-5-7-19(26)25-17;;/h8-11,14,18H,4-7,12-13,23H2,1-3H3,(H,24,27);2*1H. The second-order valence-corrected chi connectivity index (χ2v) is 8.57. The number of rotatable bonds is 5. The molecule has 2 heterocycles. The maximum atomic E-state index is 12.9. The van der Waals surface area contributed by atoms with E-state index in [0.717, 1.165) is 29.9 Å². The number of amides is 1. The maximum absolute atomic E-state index is 12.9. The lowest BCUT2D eigenvalue weighted by Gasteiger charge is -2.57. The van der Waals surface area contributed by atoms with Gasteiger partial charge in [-0.05, 0) is 31.9 Å². The van der Waals surface area contributed by atoms with E-state index in [1.165, 1.54) is 18.7 Å². The van der Waals surface area contributed by atoms with Crippen molar-refractivity contribution in [1.82, 2.24) is 9.55 Å². The first-order valence-electron chi connectivity index (χ1n) is 10.2. The average molecular weight is 455 g/mol. The van der Waals surface area contributed by atoms with Gasteiger partial charge in [0, 0.05) is 48.9 Å². The molecule has 1 aromatic heterocycles. The Morgan fingerprint density at radius 2 is 1.97 bits per heavy atom. The summed E-state index contributed by atoms with van der Waals surface area (Å²) in [5.74, 6) is 1.01. The van der Waals surface area contributed by atoms with Crippen LogP contribution in [0.5, 0.6) is 0 Å². The SMILES string of the molecule is CCOC1CC(N)(C(=O)Nc2ccc(-c3cn4c(n3)CCCC4)cc2)C1(C)C.Cl.Cl. The molecule has 1 aliphatic heterocycles. The second kappa shape index (κ2) is 9.27. The fourth-order valence-electron chi connectivity index (χ4n) is 4.34. The first kappa shape index (κ1) is 24.7. The molecule has 1 aromatic carbocycles. The molecule has 1 fully saturated rings. The summed E-state index contributed by atoms with van der Waals surface area (Å²) in [5, 5.41) is 2.99. The third-order valence-corrected chi connectivity index (χ3v) is 6.58. The molecule has 3 N–H and O–H groups in total. The van der Waals surface area contributed by atoms with Crippen molar-refractivity contribution in [3.63, 3.8) is 0 Å². The molecule has 0 bridgehead atoms. The first-order chi connectivity index (χ1) is 13.3. The number of fused-ring (bicyclic) bond motifs is 1. The summed E-state index contributed by atoms with van der Waals surface area (Å²) in [6.07, 6.45) is 6.16. The van der Waals surface area contributed by atoms with Gasteiger partial charge in [-0.25, -0.2) is 4.98 Å². The van der Waals surface area contributed by atoms with Crippen molar-refractivity contribution in [1.29, 1.82) is 0 Å². The van der Waals surface area contributed by atoms with Crippen LogP contribution in [0.2, 0.25) is 0 Å². The molecule has 0 radical (unpaired) electrons. The lowest BCUT2D eigenvalue weighted by Crippen LogP contribution is -2.74. The number of hydrogen-bond donors (Lipinski definition) is 2. The summed E-state index contributed by atoms with van der Waals surface area (Å²) in [4.78, 5) is 17.6. The number of carbonyl (C=O) groups excluding carboxylic acids is 1. The van der Waals surface area contributed by atoms with Gasteiger partial charge in [-0.2, -0.15) is 0 Å². The summed E-state index contributed by atoms with van der Waals surface area (Å²) in [6, 6.07) is 7.84. The number of nitrogens with zero attached hydrogens (tertiary/aromatic N) is 2. The predicted molar refractivity (Wildman–Crippen MR) is 124 cm³/mol. The van der Waals surface area contributed by atoms with Crippen LogP contribution in [-0.4, -0.2) is 33.7 Å². The van der Waals surface area contributed by atoms with Crippen LogP contribution in [0.25, 0.3) is 11.3 Å². The number of aromatic nitrogens is 2. The lowest BCUT2D eigenvalue weighted by atomic mass is 9.54. The summed E-state index contributed by atoms with van der Waals surface area (Å²) < 4.78 is 7.97. The van der Waals surface area contributed by atoms with Gasteiger partial charge in [-0.1, -0.05) is 26.0 Å². The Bertz CT molecular complexity index is 858. The Morgan fingerprint density at radius 1 is 1.27 bits per heavy atom. The monoisotopic (exact) mass is 454 g/mol. The van der Waals surface area contributed by atoms with Crippen LogP contribution in [0, 0.1) is 5.41 Å². The third-order valence-electron chi connectivity index (χ3n) is 6.58. The van der Waals surface area contributed by atoms with Crippen molar-refractivity contribution in [2.24, 2.45) is 11.1 Å². The van der Waals surface area contributed by atoms with Gasteiger partial charge in [0.05, 0.1) is 11.8 Å². The summed E-state index contributed by atoms with van der Waals surface area (Å²) in [5.41, 5.74) is 7.94. The molecule has 30 heavy (non-hydrogen) atoms. The minimum absolute atomic E-state index is 0. The molecule has 2 unspecified atom stereocenters. The van der Waals surface area contributed by atoms with Gasteiger partial charge < -0.3 is 20.4 Å². The maximum Gasteiger partial charge on any atom is 0.245 e. The number of halogens is 2. The lowest BCUT2D eigenvalue weighted by molar-refractivity contribution is -0.166. The van der Waals surface area contributed by atoms with E-state index in [1.807, 2.05) is 45.0 Å². The second-order valence-electron chi connectivity index (χ2n) is 8.57. The molecule has 6 nitrogen and oxygen atoms in total. The summed E-state index contributed by atoms with van der Waals surface area (Å²) >= 11 is 0. The molecule has 2 aromatic rings. The highest BCUT2D eigenvalue weighted by Crippen LogP contribution is 2.50. The highest BCUT2D eigenvalue weighted by molar-refractivity contribution is 6.00. The minimum atomic E-state index is -0.922. The Kier molecular flexibility index (Phi) is 7.62. The Hall–Kier alpha value is -1.60. The van der Waals surface area contributed by atoms with Crippen LogP contribution in [-0.2, 0) is 22.5 Å². The molecule has 0 spiro atoms. The van der Waals surface area contributed by atoms with Crippen LogP contribution in [0.15, 0.2) is 30.5 Å². The van der Waals surface area contributed by atoms with E-state index < -0.39 is 11.0 Å². The number of benzene rings is 1. The molecule has 166 valence electrons. The van der Waals surface area contributed by atoms with Crippen LogP contribution >= 0.6 is 24.8 Å². The minimum Gasteiger partial charge on any atom is -0.378 e. The normalized spacial score (nSPS) is 23.9. The van der Waals surface area contributed by atoms with E-state index in [0.29, 0.717) is 13.0 Å². The van der Waals surface area contributed by atoms with E-state index in [9.17, 15) is 4.79 Å². The van der Waals surface area contributed by atoms with Crippen molar-refractivity contribution in [2.75, 3.05) is 11.9 Å². The number of carbonyl (C=O) groups is 1. The molecule has 1 saturated carbocycles. The zero-order valence-corrected chi connectivity index (χ0v) is 19.4. The van der Waals surface area contributed by atoms with Crippen molar-refractivity contribution in [3.05, 3.63) is 36.3 Å². The van der Waals surface area contributed by atoms with Gasteiger partial charge in [0.15, 0.2) is 0 Å². The molecule has 1 aliphatic carbocycles. The molecule has 2 atom stereocenters. The van der Waals surface area contributed by atoms with E-state index in [4.69, 9.17) is 15.5 Å². The van der Waals surface area contributed by atoms with Gasteiger partial charge in [-0.3, -0.25) is 4.79 Å². The highest BCUT2D eigenvalue weighted by atomic mass is 35.5. The fraction of sp³-hybridized carbons (Fsp3) is 0.545. The van der Waals surface area contributed by atoms with Crippen LogP contribution in [0.1, 0.15) is 45.9 Å². The number of imidazole rings is 1. The first-order valence-corrected chi connectivity index (χ1v) is 10.2. The van der Waals surface area contributed by atoms with E-state index in [1.54, 1.807) is 0 Å². The van der Waals surface area contributed by atoms with Crippen LogP contribution in [0.3, 0.4) is 0 Å². The third kappa shape index (κ3) is 4.11. The molecule has 0 saturated heterocycles. The van der Waals surface area contributed by atoms with E-state index in [2.05, 4.69) is 16.1 Å². The zero-order valence-electron chi connectivity index (χ0n) is 17.8. The smallest absolute Gasteiger partial charge is 0.245 e. The van der Waals surface area contributed by atoms with Crippen molar-refractivity contribution < 1.29 is 9.53 Å². The van der Waals surface area contributed by atoms with Crippen LogP contribution < -0.4 is 11.1 Å². The number of aryl methyl sites for hydroxylation is 2. The van der Waals surface area contributed by atoms with Gasteiger partial charge in [-0.15, -0.1) is 24.8 Å². The topological polar surface area (TPSA) is 82.2 Å². The molecule has 8 heteroatoms. The van der Waals surface area contributed by atoms with E-state index >= 15 is 0 Å². The summed E-state index contributed by atoms with van der Waals surface area (Å²) in [7, 11) is 0. The highest BCUT2D eigenvalue weighted by Gasteiger charge is 2.62. The number of ether oxygens (including phenoxy) is 1. The molecular weight excluding hydrogens is 423 g/mol. The molecule has 2 aliphatic rings. The number of anilines is 1. The van der Waals surface area contributed by atoms with Crippen molar-refractivity contribution in [2.45, 2.75) is 64.6 Å². The van der Waals surface area contributed by atoms with Crippen molar-refractivity contribution in [3.8, 4) is 11.3 Å². The van der Waals surface area contributed by atoms with Gasteiger partial charge >= 0.3 is 0 Å².